The Balaban J connectivity index is 1.80. The number of hydrogen-bond donors (Lipinski definition) is 2. The van der Waals surface area contributed by atoms with Crippen molar-refractivity contribution < 1.29 is 8.42 Å². The fraction of sp³-hybridized carbons (Fsp3) is 0.733. The third-order valence-corrected chi connectivity index (χ3v) is 6.66. The van der Waals surface area contributed by atoms with Gasteiger partial charge in [0.05, 0.1) is 5.75 Å². The maximum Gasteiger partial charge on any atom is 0.211 e. The molecule has 120 valence electrons. The standard InChI is InChI=1S/C15H26N2O2S2/c1-15(2,14-7-5-10-20-14)12-17-21(18,19)11-8-13-6-3-4-9-16-13/h5,7,10,13,16-17H,3-4,6,8-9,11-12H2,1-2H3. The zero-order valence-electron chi connectivity index (χ0n) is 12.9. The average molecular weight is 331 g/mol. The molecule has 1 fully saturated rings. The summed E-state index contributed by atoms with van der Waals surface area (Å²) in [5.41, 5.74) is -0.162. The van der Waals surface area contributed by atoms with E-state index in [9.17, 15) is 8.42 Å². The molecule has 1 unspecified atom stereocenters. The maximum absolute atomic E-state index is 12.2. The van der Waals surface area contributed by atoms with Crippen LogP contribution in [0.2, 0.25) is 0 Å². The molecule has 0 aliphatic carbocycles. The first kappa shape index (κ1) is 16.9. The third kappa shape index (κ3) is 5.36. The zero-order valence-corrected chi connectivity index (χ0v) is 14.5. The van der Waals surface area contributed by atoms with Crippen LogP contribution in [0, 0.1) is 0 Å². The molecule has 0 bridgehead atoms. The molecule has 2 heterocycles. The molecule has 1 aromatic heterocycles. The first-order chi connectivity index (χ1) is 9.89. The summed E-state index contributed by atoms with van der Waals surface area (Å²) in [5, 5.41) is 5.42. The van der Waals surface area contributed by atoms with Crippen molar-refractivity contribution in [1.82, 2.24) is 10.0 Å². The Morgan fingerprint density at radius 2 is 2.24 bits per heavy atom. The summed E-state index contributed by atoms with van der Waals surface area (Å²) >= 11 is 1.67. The second-order valence-corrected chi connectivity index (χ2v) is 9.31. The molecule has 2 N–H and O–H groups in total. The normalized spacial score (nSPS) is 20.6. The molecule has 21 heavy (non-hydrogen) atoms. The van der Waals surface area contributed by atoms with Crippen molar-refractivity contribution in [3.05, 3.63) is 22.4 Å². The molecule has 0 spiro atoms. The lowest BCUT2D eigenvalue weighted by molar-refractivity contribution is 0.392. The number of hydrogen-bond acceptors (Lipinski definition) is 4. The fourth-order valence-electron chi connectivity index (χ4n) is 2.58. The van der Waals surface area contributed by atoms with Crippen LogP contribution in [0.25, 0.3) is 0 Å². The SMILES string of the molecule is CC(C)(CNS(=O)(=O)CCC1CCCCN1)c1cccs1. The van der Waals surface area contributed by atoms with E-state index in [2.05, 4.69) is 30.0 Å². The molecule has 1 aromatic rings. The Bertz CT molecular complexity index is 518. The second kappa shape index (κ2) is 7.22. The van der Waals surface area contributed by atoms with Crippen molar-refractivity contribution in [3.63, 3.8) is 0 Å². The van der Waals surface area contributed by atoms with Gasteiger partial charge in [-0.3, -0.25) is 0 Å². The van der Waals surface area contributed by atoms with Crippen LogP contribution in [0.4, 0.5) is 0 Å². The highest BCUT2D eigenvalue weighted by Crippen LogP contribution is 2.26. The number of piperidine rings is 1. The molecular formula is C15H26N2O2S2. The van der Waals surface area contributed by atoms with E-state index in [4.69, 9.17) is 0 Å². The van der Waals surface area contributed by atoms with E-state index in [-0.39, 0.29) is 11.2 Å². The summed E-state index contributed by atoms with van der Waals surface area (Å²) in [4.78, 5) is 1.21. The average Bonchev–Trinajstić information content (AvgIpc) is 3.00. The minimum absolute atomic E-state index is 0.162. The van der Waals surface area contributed by atoms with Gasteiger partial charge in [0.25, 0.3) is 0 Å². The first-order valence-corrected chi connectivity index (χ1v) is 10.2. The monoisotopic (exact) mass is 330 g/mol. The molecule has 0 aromatic carbocycles. The largest absolute Gasteiger partial charge is 0.314 e. The van der Waals surface area contributed by atoms with Gasteiger partial charge < -0.3 is 5.32 Å². The minimum Gasteiger partial charge on any atom is -0.314 e. The van der Waals surface area contributed by atoms with Gasteiger partial charge in [-0.2, -0.15) is 0 Å². The molecule has 4 nitrogen and oxygen atoms in total. The number of nitrogens with one attached hydrogen (secondary N) is 2. The van der Waals surface area contributed by atoms with Crippen molar-refractivity contribution in [3.8, 4) is 0 Å². The van der Waals surface area contributed by atoms with Crippen LogP contribution in [-0.4, -0.2) is 33.3 Å². The molecule has 0 radical (unpaired) electrons. The predicted molar refractivity (Wildman–Crippen MR) is 89.4 cm³/mol. The van der Waals surface area contributed by atoms with Gasteiger partial charge >= 0.3 is 0 Å². The molecule has 1 saturated heterocycles. The number of sulfonamides is 1. The molecule has 1 aliphatic heterocycles. The highest BCUT2D eigenvalue weighted by atomic mass is 32.2. The Morgan fingerprint density at radius 3 is 2.86 bits per heavy atom. The predicted octanol–water partition coefficient (Wildman–Crippen LogP) is 2.48. The highest BCUT2D eigenvalue weighted by molar-refractivity contribution is 7.89. The Labute approximate surface area is 132 Å². The van der Waals surface area contributed by atoms with E-state index in [1.54, 1.807) is 11.3 Å². The Kier molecular flexibility index (Phi) is 5.82. The van der Waals surface area contributed by atoms with Gasteiger partial charge in [-0.1, -0.05) is 26.3 Å². The van der Waals surface area contributed by atoms with Crippen LogP contribution in [0.5, 0.6) is 0 Å². The lowest BCUT2D eigenvalue weighted by Crippen LogP contribution is -2.40. The highest BCUT2D eigenvalue weighted by Gasteiger charge is 2.25. The van der Waals surface area contributed by atoms with E-state index in [1.807, 2.05) is 11.4 Å². The molecule has 0 amide bonds. The maximum atomic E-state index is 12.2. The van der Waals surface area contributed by atoms with E-state index in [0.717, 1.165) is 13.0 Å². The van der Waals surface area contributed by atoms with Crippen LogP contribution in [0.15, 0.2) is 17.5 Å². The third-order valence-electron chi connectivity index (χ3n) is 4.07. The fourth-order valence-corrected chi connectivity index (χ4v) is 4.75. The van der Waals surface area contributed by atoms with Crippen LogP contribution >= 0.6 is 11.3 Å². The van der Waals surface area contributed by atoms with Gasteiger partial charge in [0.1, 0.15) is 0 Å². The summed E-state index contributed by atoms with van der Waals surface area (Å²) in [6, 6.07) is 4.43. The summed E-state index contributed by atoms with van der Waals surface area (Å²) in [6.07, 6.45) is 4.21. The van der Waals surface area contributed by atoms with Crippen molar-refractivity contribution in [1.29, 1.82) is 0 Å². The Morgan fingerprint density at radius 1 is 1.43 bits per heavy atom. The molecule has 1 aliphatic rings. The van der Waals surface area contributed by atoms with Crippen LogP contribution in [0.3, 0.4) is 0 Å². The van der Waals surface area contributed by atoms with Gasteiger partial charge in [0.2, 0.25) is 10.0 Å². The summed E-state index contributed by atoms with van der Waals surface area (Å²) < 4.78 is 27.1. The zero-order chi connectivity index (χ0) is 15.3. The molecule has 6 heteroatoms. The van der Waals surface area contributed by atoms with E-state index >= 15 is 0 Å². The van der Waals surface area contributed by atoms with Crippen molar-refractivity contribution in [2.45, 2.75) is 51.0 Å². The van der Waals surface area contributed by atoms with Crippen LogP contribution < -0.4 is 10.0 Å². The second-order valence-electron chi connectivity index (χ2n) is 6.44. The van der Waals surface area contributed by atoms with Crippen LogP contribution in [0.1, 0.15) is 44.4 Å². The van der Waals surface area contributed by atoms with E-state index in [1.165, 1.54) is 17.7 Å². The van der Waals surface area contributed by atoms with Crippen LogP contribution in [-0.2, 0) is 15.4 Å². The van der Waals surface area contributed by atoms with Crippen molar-refractivity contribution in [2.75, 3.05) is 18.8 Å². The number of thiophene rings is 1. The minimum atomic E-state index is -3.19. The van der Waals surface area contributed by atoms with E-state index in [0.29, 0.717) is 19.0 Å². The first-order valence-electron chi connectivity index (χ1n) is 7.64. The van der Waals surface area contributed by atoms with Gasteiger partial charge in [0, 0.05) is 22.9 Å². The van der Waals surface area contributed by atoms with Gasteiger partial charge in [-0.25, -0.2) is 13.1 Å². The Hall–Kier alpha value is -0.430. The topological polar surface area (TPSA) is 58.2 Å². The molecular weight excluding hydrogens is 304 g/mol. The molecule has 1 atom stereocenters. The van der Waals surface area contributed by atoms with Gasteiger partial charge in [0.15, 0.2) is 0 Å². The molecule has 0 saturated carbocycles. The lowest BCUT2D eigenvalue weighted by Gasteiger charge is -2.25. The summed E-state index contributed by atoms with van der Waals surface area (Å²) in [6.45, 7) is 5.62. The number of rotatable bonds is 7. The van der Waals surface area contributed by atoms with Crippen molar-refractivity contribution >= 4 is 21.4 Å². The van der Waals surface area contributed by atoms with Crippen molar-refractivity contribution in [2.24, 2.45) is 0 Å². The lowest BCUT2D eigenvalue weighted by atomic mass is 9.92. The van der Waals surface area contributed by atoms with Gasteiger partial charge in [-0.05, 0) is 37.3 Å². The summed E-state index contributed by atoms with van der Waals surface area (Å²) in [7, 11) is -3.19. The summed E-state index contributed by atoms with van der Waals surface area (Å²) in [5.74, 6) is 0.213. The van der Waals surface area contributed by atoms with Gasteiger partial charge in [-0.15, -0.1) is 11.3 Å². The van der Waals surface area contributed by atoms with E-state index < -0.39 is 10.0 Å². The smallest absolute Gasteiger partial charge is 0.211 e. The quantitative estimate of drug-likeness (QED) is 0.807. The molecule has 2 rings (SSSR count).